The molecule has 0 radical (unpaired) electrons. The summed E-state index contributed by atoms with van der Waals surface area (Å²) in [5.41, 5.74) is 2.95. The lowest BCUT2D eigenvalue weighted by Crippen LogP contribution is -2.36. The maximum Gasteiger partial charge on any atom is 0.434 e. The molecular weight excluding hydrogens is 396 g/mol. The van der Waals surface area contributed by atoms with Crippen molar-refractivity contribution in [3.8, 4) is 0 Å². The minimum absolute atomic E-state index is 0.0965. The van der Waals surface area contributed by atoms with Crippen LogP contribution < -0.4 is 16.0 Å². The standard InChI is InChI=1S/C18H16F4N4O3/c19-11-7-10(8-12(9-11)26-3-5-29-6-4-26)17(28)25-14-2-1-13(16(23)27)15(24-14)18(20,21)22/h1-2,7-9H,3-6H2,(H2,23,27)(H,24,25,28). The van der Waals surface area contributed by atoms with Crippen LogP contribution in [-0.4, -0.2) is 43.1 Å². The van der Waals surface area contributed by atoms with Gasteiger partial charge in [0.25, 0.3) is 11.8 Å². The molecule has 0 bridgehead atoms. The minimum atomic E-state index is -4.95. The summed E-state index contributed by atoms with van der Waals surface area (Å²) in [5, 5.41) is 2.18. The molecule has 2 aromatic rings. The smallest absolute Gasteiger partial charge is 0.378 e. The first-order chi connectivity index (χ1) is 13.6. The second-order valence-corrected chi connectivity index (χ2v) is 6.21. The largest absolute Gasteiger partial charge is 0.434 e. The molecule has 0 aliphatic carbocycles. The summed E-state index contributed by atoms with van der Waals surface area (Å²) in [7, 11) is 0. The lowest BCUT2D eigenvalue weighted by atomic mass is 10.1. The number of hydrogen-bond donors (Lipinski definition) is 2. The van der Waals surface area contributed by atoms with Crippen LogP contribution in [0.5, 0.6) is 0 Å². The van der Waals surface area contributed by atoms with E-state index in [-0.39, 0.29) is 5.56 Å². The van der Waals surface area contributed by atoms with Crippen LogP contribution in [0.4, 0.5) is 29.1 Å². The van der Waals surface area contributed by atoms with Crippen molar-refractivity contribution in [2.24, 2.45) is 5.73 Å². The van der Waals surface area contributed by atoms with E-state index < -0.39 is 40.9 Å². The van der Waals surface area contributed by atoms with Gasteiger partial charge in [-0.3, -0.25) is 9.59 Å². The highest BCUT2D eigenvalue weighted by Crippen LogP contribution is 2.31. The van der Waals surface area contributed by atoms with Gasteiger partial charge in [-0.1, -0.05) is 0 Å². The molecule has 0 atom stereocenters. The molecule has 1 saturated heterocycles. The first-order valence-corrected chi connectivity index (χ1v) is 8.48. The number of amides is 2. The summed E-state index contributed by atoms with van der Waals surface area (Å²) < 4.78 is 58.6. The Balaban J connectivity index is 1.87. The third-order valence-corrected chi connectivity index (χ3v) is 4.19. The maximum absolute atomic E-state index is 14.0. The number of halogens is 4. The molecule has 0 spiro atoms. The first-order valence-electron chi connectivity index (χ1n) is 8.48. The predicted octanol–water partition coefficient (Wildman–Crippen LogP) is 2.43. The number of nitrogens with zero attached hydrogens (tertiary/aromatic N) is 2. The Bertz CT molecular complexity index is 943. The summed E-state index contributed by atoms with van der Waals surface area (Å²) in [4.78, 5) is 28.7. The molecule has 3 N–H and O–H groups in total. The van der Waals surface area contributed by atoms with Gasteiger partial charge in [-0.2, -0.15) is 13.2 Å². The van der Waals surface area contributed by atoms with Gasteiger partial charge in [-0.25, -0.2) is 9.37 Å². The van der Waals surface area contributed by atoms with E-state index in [1.165, 1.54) is 12.1 Å². The van der Waals surface area contributed by atoms with E-state index in [1.54, 1.807) is 0 Å². The van der Waals surface area contributed by atoms with E-state index in [4.69, 9.17) is 10.5 Å². The Morgan fingerprint density at radius 3 is 2.45 bits per heavy atom. The first kappa shape index (κ1) is 20.5. The van der Waals surface area contributed by atoms with Crippen molar-refractivity contribution in [3.63, 3.8) is 0 Å². The van der Waals surface area contributed by atoms with Gasteiger partial charge in [0.15, 0.2) is 5.69 Å². The number of benzene rings is 1. The topological polar surface area (TPSA) is 97.5 Å². The number of aromatic nitrogens is 1. The Kier molecular flexibility index (Phi) is 5.69. The van der Waals surface area contributed by atoms with Crippen molar-refractivity contribution in [2.75, 3.05) is 36.5 Å². The summed E-state index contributed by atoms with van der Waals surface area (Å²) in [6.07, 6.45) is -4.95. The molecule has 2 amide bonds. The monoisotopic (exact) mass is 412 g/mol. The van der Waals surface area contributed by atoms with Gasteiger partial charge in [0.2, 0.25) is 0 Å². The normalized spacial score (nSPS) is 14.6. The van der Waals surface area contributed by atoms with Crippen molar-refractivity contribution < 1.29 is 31.9 Å². The Hall–Kier alpha value is -3.21. The van der Waals surface area contributed by atoms with Crippen LogP contribution in [0.2, 0.25) is 0 Å². The van der Waals surface area contributed by atoms with Gasteiger partial charge in [0.05, 0.1) is 18.8 Å². The number of rotatable bonds is 4. The second kappa shape index (κ2) is 8.03. The molecule has 7 nitrogen and oxygen atoms in total. The number of nitrogens with two attached hydrogens (primary N) is 1. The molecule has 0 unspecified atom stereocenters. The van der Waals surface area contributed by atoms with Crippen LogP contribution in [0.1, 0.15) is 26.4 Å². The van der Waals surface area contributed by atoms with Crippen LogP contribution >= 0.6 is 0 Å². The van der Waals surface area contributed by atoms with Crippen molar-refractivity contribution in [1.29, 1.82) is 0 Å². The number of hydrogen-bond acceptors (Lipinski definition) is 5. The predicted molar refractivity (Wildman–Crippen MR) is 95.1 cm³/mol. The zero-order valence-electron chi connectivity index (χ0n) is 14.9. The number of primary amides is 1. The number of ether oxygens (including phenoxy) is 1. The Morgan fingerprint density at radius 1 is 1.14 bits per heavy atom. The second-order valence-electron chi connectivity index (χ2n) is 6.21. The fourth-order valence-corrected chi connectivity index (χ4v) is 2.84. The molecule has 1 aromatic carbocycles. The van der Waals surface area contributed by atoms with Gasteiger partial charge in [-0.05, 0) is 30.3 Å². The summed E-state index contributed by atoms with van der Waals surface area (Å²) in [5.74, 6) is -3.29. The van der Waals surface area contributed by atoms with Gasteiger partial charge in [0, 0.05) is 24.3 Å². The Morgan fingerprint density at radius 2 is 1.83 bits per heavy atom. The minimum Gasteiger partial charge on any atom is -0.378 e. The third-order valence-electron chi connectivity index (χ3n) is 4.19. The number of anilines is 2. The van der Waals surface area contributed by atoms with Gasteiger partial charge >= 0.3 is 6.18 Å². The van der Waals surface area contributed by atoms with Crippen LogP contribution in [-0.2, 0) is 10.9 Å². The highest BCUT2D eigenvalue weighted by Gasteiger charge is 2.37. The highest BCUT2D eigenvalue weighted by atomic mass is 19.4. The molecule has 154 valence electrons. The molecule has 11 heteroatoms. The van der Waals surface area contributed by atoms with E-state index in [0.717, 1.165) is 18.2 Å². The quantitative estimate of drug-likeness (QED) is 0.752. The maximum atomic E-state index is 14.0. The van der Waals surface area contributed by atoms with Crippen molar-refractivity contribution in [2.45, 2.75) is 6.18 Å². The zero-order chi connectivity index (χ0) is 21.2. The van der Waals surface area contributed by atoms with Crippen LogP contribution in [0, 0.1) is 5.82 Å². The van der Waals surface area contributed by atoms with Crippen molar-refractivity contribution >= 4 is 23.3 Å². The number of carbonyl (C=O) groups is 2. The van der Waals surface area contributed by atoms with Crippen LogP contribution in [0.3, 0.4) is 0 Å². The Labute approximate surface area is 162 Å². The lowest BCUT2D eigenvalue weighted by Gasteiger charge is -2.29. The zero-order valence-corrected chi connectivity index (χ0v) is 14.9. The average Bonchev–Trinajstić information content (AvgIpc) is 2.67. The molecule has 3 rings (SSSR count). The number of morpholine rings is 1. The summed E-state index contributed by atoms with van der Waals surface area (Å²) in [6.45, 7) is 1.92. The van der Waals surface area contributed by atoms with Crippen molar-refractivity contribution in [3.05, 3.63) is 53.0 Å². The highest BCUT2D eigenvalue weighted by molar-refractivity contribution is 6.04. The lowest BCUT2D eigenvalue weighted by molar-refractivity contribution is -0.141. The molecule has 1 aromatic heterocycles. The van der Waals surface area contributed by atoms with E-state index in [9.17, 15) is 27.2 Å². The fraction of sp³-hybridized carbons (Fsp3) is 0.278. The van der Waals surface area contributed by atoms with E-state index >= 15 is 0 Å². The molecule has 0 saturated carbocycles. The molecule has 1 aliphatic heterocycles. The molecule has 1 fully saturated rings. The third kappa shape index (κ3) is 4.80. The summed E-state index contributed by atoms with van der Waals surface area (Å²) >= 11 is 0. The van der Waals surface area contributed by atoms with Gasteiger partial charge < -0.3 is 20.7 Å². The average molecular weight is 412 g/mol. The SMILES string of the molecule is NC(=O)c1ccc(NC(=O)c2cc(F)cc(N3CCOCC3)c2)nc1C(F)(F)F. The van der Waals surface area contributed by atoms with E-state index in [1.807, 2.05) is 4.90 Å². The number of pyridine rings is 1. The van der Waals surface area contributed by atoms with E-state index in [0.29, 0.717) is 32.0 Å². The van der Waals surface area contributed by atoms with E-state index in [2.05, 4.69) is 10.3 Å². The number of alkyl halides is 3. The van der Waals surface area contributed by atoms with Gasteiger partial charge in [0.1, 0.15) is 11.6 Å². The molecule has 29 heavy (non-hydrogen) atoms. The molecule has 1 aliphatic rings. The molecule has 2 heterocycles. The van der Waals surface area contributed by atoms with Gasteiger partial charge in [-0.15, -0.1) is 0 Å². The summed E-state index contributed by atoms with van der Waals surface area (Å²) in [6, 6.07) is 5.46. The number of carbonyl (C=O) groups excluding carboxylic acids is 2. The number of nitrogens with one attached hydrogen (secondary N) is 1. The van der Waals surface area contributed by atoms with Crippen LogP contribution in [0.15, 0.2) is 30.3 Å². The molecular formula is C18H16F4N4O3. The van der Waals surface area contributed by atoms with Crippen molar-refractivity contribution in [1.82, 2.24) is 4.98 Å². The fourth-order valence-electron chi connectivity index (χ4n) is 2.84. The van der Waals surface area contributed by atoms with Crippen LogP contribution in [0.25, 0.3) is 0 Å².